The van der Waals surface area contributed by atoms with Crippen molar-refractivity contribution in [1.29, 1.82) is 0 Å². The van der Waals surface area contributed by atoms with Crippen molar-refractivity contribution in [2.24, 2.45) is 4.99 Å². The molecule has 0 bridgehead atoms. The maximum atomic E-state index is 12.3. The molecule has 1 N–H and O–H groups in total. The highest BCUT2D eigenvalue weighted by Gasteiger charge is 2.23. The molecule has 0 aromatic heterocycles. The van der Waals surface area contributed by atoms with Crippen LogP contribution in [0.15, 0.2) is 76.6 Å². The number of amidine groups is 1. The van der Waals surface area contributed by atoms with Gasteiger partial charge in [0.1, 0.15) is 12.4 Å². The van der Waals surface area contributed by atoms with Gasteiger partial charge in [0.05, 0.1) is 10.6 Å². The monoisotopic (exact) mass is 448 g/mol. The van der Waals surface area contributed by atoms with Crippen molar-refractivity contribution in [1.82, 2.24) is 5.32 Å². The zero-order chi connectivity index (χ0) is 21.8. The smallest absolute Gasteiger partial charge is 0.264 e. The van der Waals surface area contributed by atoms with Crippen molar-refractivity contribution in [2.45, 2.75) is 20.5 Å². The summed E-state index contributed by atoms with van der Waals surface area (Å²) >= 11 is 7.50. The van der Waals surface area contributed by atoms with Gasteiger partial charge in [-0.05, 0) is 78.7 Å². The van der Waals surface area contributed by atoms with E-state index in [0.29, 0.717) is 21.7 Å². The molecule has 3 aromatic carbocycles. The lowest BCUT2D eigenvalue weighted by molar-refractivity contribution is -0.115. The molecular formula is C25H21ClN2O2S. The number of rotatable bonds is 5. The van der Waals surface area contributed by atoms with Crippen molar-refractivity contribution in [3.8, 4) is 5.75 Å². The first-order valence-corrected chi connectivity index (χ1v) is 11.0. The lowest BCUT2D eigenvalue weighted by Crippen LogP contribution is -2.19. The highest BCUT2D eigenvalue weighted by molar-refractivity contribution is 8.18. The lowest BCUT2D eigenvalue weighted by atomic mass is 10.1. The van der Waals surface area contributed by atoms with Crippen molar-refractivity contribution >= 4 is 46.2 Å². The number of carbonyl (C=O) groups is 1. The molecule has 0 unspecified atom stereocenters. The molecule has 4 nitrogen and oxygen atoms in total. The van der Waals surface area contributed by atoms with E-state index < -0.39 is 0 Å². The van der Waals surface area contributed by atoms with Gasteiger partial charge in [-0.3, -0.25) is 4.79 Å². The van der Waals surface area contributed by atoms with E-state index in [9.17, 15) is 4.79 Å². The van der Waals surface area contributed by atoms with Gasteiger partial charge in [-0.2, -0.15) is 0 Å². The second-order valence-electron chi connectivity index (χ2n) is 7.20. The van der Waals surface area contributed by atoms with Crippen LogP contribution in [-0.2, 0) is 11.4 Å². The number of hydrogen-bond donors (Lipinski definition) is 1. The number of ether oxygens (including phenoxy) is 1. The van der Waals surface area contributed by atoms with E-state index in [4.69, 9.17) is 16.3 Å². The molecular weight excluding hydrogens is 428 g/mol. The number of nitrogens with zero attached hydrogens (tertiary/aromatic N) is 1. The molecule has 1 heterocycles. The molecule has 1 aliphatic rings. The first kappa shape index (κ1) is 21.2. The van der Waals surface area contributed by atoms with Gasteiger partial charge >= 0.3 is 0 Å². The standard InChI is InChI=1S/C25H21ClN2O2S/c1-16-7-10-20(13-17(16)2)27-25-28-24(29)23(31-25)14-18-8-11-21(12-9-18)30-15-19-5-3-4-6-22(19)26/h3-14H,15H2,1-2H3,(H,27,28,29). The Hall–Kier alpha value is -3.02. The van der Waals surface area contributed by atoms with Crippen LogP contribution in [0, 0.1) is 13.8 Å². The van der Waals surface area contributed by atoms with Crippen LogP contribution in [0.25, 0.3) is 6.08 Å². The molecule has 0 atom stereocenters. The highest BCUT2D eigenvalue weighted by Crippen LogP contribution is 2.29. The molecule has 1 amide bonds. The topological polar surface area (TPSA) is 50.7 Å². The highest BCUT2D eigenvalue weighted by atomic mass is 35.5. The van der Waals surface area contributed by atoms with E-state index in [1.165, 1.54) is 22.9 Å². The summed E-state index contributed by atoms with van der Waals surface area (Å²) in [5.74, 6) is 0.592. The number of aryl methyl sites for hydroxylation is 2. The van der Waals surface area contributed by atoms with Crippen LogP contribution in [0.3, 0.4) is 0 Å². The fourth-order valence-electron chi connectivity index (χ4n) is 2.98. The lowest BCUT2D eigenvalue weighted by Gasteiger charge is -2.08. The zero-order valence-electron chi connectivity index (χ0n) is 17.2. The Labute approximate surface area is 191 Å². The van der Waals surface area contributed by atoms with Crippen LogP contribution in [0.4, 0.5) is 5.69 Å². The number of thioether (sulfide) groups is 1. The van der Waals surface area contributed by atoms with Crippen LogP contribution < -0.4 is 10.1 Å². The van der Waals surface area contributed by atoms with Crippen molar-refractivity contribution in [2.75, 3.05) is 0 Å². The molecule has 31 heavy (non-hydrogen) atoms. The van der Waals surface area contributed by atoms with Crippen LogP contribution in [0.5, 0.6) is 5.75 Å². The first-order valence-electron chi connectivity index (χ1n) is 9.81. The summed E-state index contributed by atoms with van der Waals surface area (Å²) in [5, 5.41) is 4.10. The quantitative estimate of drug-likeness (QED) is 0.457. The first-order chi connectivity index (χ1) is 15.0. The number of carbonyl (C=O) groups excluding carboxylic acids is 1. The van der Waals surface area contributed by atoms with Gasteiger partial charge in [-0.25, -0.2) is 4.99 Å². The average Bonchev–Trinajstić information content (AvgIpc) is 3.10. The molecule has 0 saturated carbocycles. The molecule has 3 aromatic rings. The van der Waals surface area contributed by atoms with E-state index in [1.54, 1.807) is 0 Å². The molecule has 1 saturated heterocycles. The minimum atomic E-state index is -0.147. The second kappa shape index (κ2) is 9.41. The third-order valence-electron chi connectivity index (χ3n) is 4.90. The summed E-state index contributed by atoms with van der Waals surface area (Å²) in [6, 6.07) is 21.2. The Morgan fingerprint density at radius 2 is 1.81 bits per heavy atom. The predicted molar refractivity (Wildman–Crippen MR) is 129 cm³/mol. The van der Waals surface area contributed by atoms with E-state index in [1.807, 2.05) is 79.7 Å². The van der Waals surface area contributed by atoms with Crippen molar-refractivity contribution in [3.05, 3.63) is 98.9 Å². The number of nitrogens with one attached hydrogen (secondary N) is 1. The number of aliphatic imine (C=N–C) groups is 1. The molecule has 0 spiro atoms. The SMILES string of the molecule is Cc1ccc(N=C2NC(=O)C(=Cc3ccc(OCc4ccccc4Cl)cc3)S2)cc1C. The largest absolute Gasteiger partial charge is 0.489 e. The third-order valence-corrected chi connectivity index (χ3v) is 6.18. The minimum absolute atomic E-state index is 0.147. The molecule has 1 fully saturated rings. The Balaban J connectivity index is 1.42. The molecule has 4 rings (SSSR count). The third kappa shape index (κ3) is 5.37. The van der Waals surface area contributed by atoms with E-state index in [0.717, 1.165) is 22.6 Å². The number of halogens is 1. The van der Waals surface area contributed by atoms with Gasteiger partial charge in [-0.15, -0.1) is 0 Å². The summed E-state index contributed by atoms with van der Waals surface area (Å²) in [7, 11) is 0. The Kier molecular flexibility index (Phi) is 6.44. The van der Waals surface area contributed by atoms with Gasteiger partial charge in [-0.1, -0.05) is 48.0 Å². The van der Waals surface area contributed by atoms with Crippen LogP contribution >= 0.6 is 23.4 Å². The molecule has 0 aliphatic carbocycles. The van der Waals surface area contributed by atoms with Gasteiger partial charge in [0.25, 0.3) is 5.91 Å². The summed E-state index contributed by atoms with van der Waals surface area (Å²) in [6.07, 6.45) is 1.85. The minimum Gasteiger partial charge on any atom is -0.489 e. The van der Waals surface area contributed by atoms with Gasteiger partial charge in [0.2, 0.25) is 0 Å². The molecule has 1 aliphatic heterocycles. The van der Waals surface area contributed by atoms with Gasteiger partial charge in [0, 0.05) is 10.6 Å². The molecule has 6 heteroatoms. The number of hydrogen-bond acceptors (Lipinski definition) is 4. The summed E-state index contributed by atoms with van der Waals surface area (Å²) in [6.45, 7) is 4.51. The van der Waals surface area contributed by atoms with E-state index in [2.05, 4.69) is 17.2 Å². The van der Waals surface area contributed by atoms with E-state index >= 15 is 0 Å². The zero-order valence-corrected chi connectivity index (χ0v) is 18.8. The normalized spacial score (nSPS) is 16.0. The fraction of sp³-hybridized carbons (Fsp3) is 0.120. The van der Waals surface area contributed by atoms with Crippen LogP contribution in [0.2, 0.25) is 5.02 Å². The summed E-state index contributed by atoms with van der Waals surface area (Å²) < 4.78 is 5.81. The average molecular weight is 449 g/mol. The maximum absolute atomic E-state index is 12.3. The summed E-state index contributed by atoms with van der Waals surface area (Å²) in [5.41, 5.74) is 5.06. The van der Waals surface area contributed by atoms with Gasteiger partial charge in [0.15, 0.2) is 5.17 Å². The van der Waals surface area contributed by atoms with Gasteiger partial charge < -0.3 is 10.1 Å². The van der Waals surface area contributed by atoms with Crippen LogP contribution in [0.1, 0.15) is 22.3 Å². The summed E-state index contributed by atoms with van der Waals surface area (Å²) in [4.78, 5) is 17.5. The maximum Gasteiger partial charge on any atom is 0.264 e. The Morgan fingerprint density at radius 1 is 1.03 bits per heavy atom. The number of benzene rings is 3. The molecule has 0 radical (unpaired) electrons. The van der Waals surface area contributed by atoms with Crippen molar-refractivity contribution < 1.29 is 9.53 Å². The van der Waals surface area contributed by atoms with Crippen molar-refractivity contribution in [3.63, 3.8) is 0 Å². The van der Waals surface area contributed by atoms with Crippen LogP contribution in [-0.4, -0.2) is 11.1 Å². The fourth-order valence-corrected chi connectivity index (χ4v) is 4.01. The second-order valence-corrected chi connectivity index (χ2v) is 8.64. The Morgan fingerprint density at radius 3 is 2.55 bits per heavy atom. The molecule has 156 valence electrons. The van der Waals surface area contributed by atoms with E-state index in [-0.39, 0.29) is 5.91 Å². The number of amides is 1. The Bertz CT molecular complexity index is 1190. The predicted octanol–water partition coefficient (Wildman–Crippen LogP) is 6.43.